The molecule has 1 amide bonds. The van der Waals surface area contributed by atoms with Gasteiger partial charge in [-0.3, -0.25) is 4.79 Å². The summed E-state index contributed by atoms with van der Waals surface area (Å²) in [6, 6.07) is 8.00. The van der Waals surface area contributed by atoms with Crippen LogP contribution in [0.2, 0.25) is 0 Å². The van der Waals surface area contributed by atoms with Gasteiger partial charge in [0.2, 0.25) is 5.91 Å². The van der Waals surface area contributed by atoms with Crippen molar-refractivity contribution >= 4 is 5.91 Å². The van der Waals surface area contributed by atoms with Crippen molar-refractivity contribution in [2.24, 2.45) is 0 Å². The third-order valence-corrected chi connectivity index (χ3v) is 4.83. The van der Waals surface area contributed by atoms with E-state index in [2.05, 4.69) is 10.5 Å². The molecule has 25 heavy (non-hydrogen) atoms. The maximum Gasteiger partial charge on any atom is 0.223 e. The van der Waals surface area contributed by atoms with Gasteiger partial charge in [0.05, 0.1) is 18.8 Å². The minimum absolute atomic E-state index is 0.0526. The third kappa shape index (κ3) is 3.85. The van der Waals surface area contributed by atoms with Crippen molar-refractivity contribution in [2.75, 3.05) is 26.7 Å². The Morgan fingerprint density at radius 2 is 2.12 bits per heavy atom. The van der Waals surface area contributed by atoms with Crippen LogP contribution in [0.4, 0.5) is 0 Å². The highest BCUT2D eigenvalue weighted by Gasteiger charge is 2.28. The number of hydrogen-bond donors (Lipinski definition) is 1. The van der Waals surface area contributed by atoms with Crippen LogP contribution in [0.3, 0.4) is 0 Å². The Bertz CT molecular complexity index is 705. The Hall–Kier alpha value is -2.34. The molecule has 6 nitrogen and oxygen atoms in total. The Balaban J connectivity index is 1.70. The minimum Gasteiger partial charge on any atom is -0.497 e. The summed E-state index contributed by atoms with van der Waals surface area (Å²) >= 11 is 0. The molecule has 1 aromatic carbocycles. The molecule has 1 unspecified atom stereocenters. The molecule has 2 heterocycles. The van der Waals surface area contributed by atoms with Crippen molar-refractivity contribution in [3.05, 3.63) is 46.8 Å². The lowest BCUT2D eigenvalue weighted by molar-refractivity contribution is -0.134. The van der Waals surface area contributed by atoms with E-state index >= 15 is 0 Å². The van der Waals surface area contributed by atoms with Crippen molar-refractivity contribution in [2.45, 2.75) is 32.7 Å². The second-order valence-corrected chi connectivity index (χ2v) is 6.38. The Labute approximate surface area is 148 Å². The van der Waals surface area contributed by atoms with E-state index in [0.29, 0.717) is 12.8 Å². The predicted molar refractivity (Wildman–Crippen MR) is 94.6 cm³/mol. The standard InChI is InChI=1S/C19H25N3O3/c1-13-17(14(2)25-21-13)8-9-19(23)22-11-10-20-12-18(22)15-4-6-16(24-3)7-5-15/h4-7,18,20H,8-12H2,1-3H3. The molecule has 1 N–H and O–H groups in total. The summed E-state index contributed by atoms with van der Waals surface area (Å²) in [4.78, 5) is 14.8. The van der Waals surface area contributed by atoms with E-state index < -0.39 is 0 Å². The molecule has 1 atom stereocenters. The zero-order valence-electron chi connectivity index (χ0n) is 15.0. The molecular weight excluding hydrogens is 318 g/mol. The number of nitrogens with zero attached hydrogens (tertiary/aromatic N) is 2. The Morgan fingerprint density at radius 3 is 2.76 bits per heavy atom. The number of carbonyl (C=O) groups is 1. The van der Waals surface area contributed by atoms with Crippen LogP contribution in [-0.4, -0.2) is 42.7 Å². The average Bonchev–Trinajstić information content (AvgIpc) is 2.97. The SMILES string of the molecule is COc1ccc(C2CNCCN2C(=O)CCc2c(C)noc2C)cc1. The van der Waals surface area contributed by atoms with Gasteiger partial charge in [-0.25, -0.2) is 0 Å². The van der Waals surface area contributed by atoms with Gasteiger partial charge in [0.25, 0.3) is 0 Å². The van der Waals surface area contributed by atoms with Crippen LogP contribution >= 0.6 is 0 Å². The van der Waals surface area contributed by atoms with Crippen molar-refractivity contribution in [3.63, 3.8) is 0 Å². The molecule has 1 aliphatic heterocycles. The smallest absolute Gasteiger partial charge is 0.223 e. The molecule has 3 rings (SSSR count). The van der Waals surface area contributed by atoms with Gasteiger partial charge in [-0.15, -0.1) is 0 Å². The molecule has 134 valence electrons. The lowest BCUT2D eigenvalue weighted by atomic mass is 10.0. The highest BCUT2D eigenvalue weighted by molar-refractivity contribution is 5.77. The van der Waals surface area contributed by atoms with E-state index in [0.717, 1.165) is 48.0 Å². The Kier molecular flexibility index (Phi) is 5.38. The monoisotopic (exact) mass is 343 g/mol. The van der Waals surface area contributed by atoms with Crippen LogP contribution < -0.4 is 10.1 Å². The largest absolute Gasteiger partial charge is 0.497 e. The zero-order chi connectivity index (χ0) is 17.8. The quantitative estimate of drug-likeness (QED) is 0.903. The number of aryl methyl sites for hydroxylation is 2. The minimum atomic E-state index is 0.0526. The first kappa shape index (κ1) is 17.5. The van der Waals surface area contributed by atoms with Gasteiger partial charge in [-0.1, -0.05) is 17.3 Å². The molecule has 1 fully saturated rings. The molecule has 1 saturated heterocycles. The van der Waals surface area contributed by atoms with E-state index in [4.69, 9.17) is 9.26 Å². The summed E-state index contributed by atoms with van der Waals surface area (Å²) < 4.78 is 10.4. The number of amides is 1. The summed E-state index contributed by atoms with van der Waals surface area (Å²) in [5.41, 5.74) is 3.04. The first-order valence-corrected chi connectivity index (χ1v) is 8.66. The molecule has 6 heteroatoms. The van der Waals surface area contributed by atoms with Gasteiger partial charge in [-0.2, -0.15) is 0 Å². The third-order valence-electron chi connectivity index (χ3n) is 4.83. The van der Waals surface area contributed by atoms with Gasteiger partial charge < -0.3 is 19.5 Å². The lowest BCUT2D eigenvalue weighted by Gasteiger charge is -2.36. The topological polar surface area (TPSA) is 67.6 Å². The molecule has 0 spiro atoms. The predicted octanol–water partition coefficient (Wildman–Crippen LogP) is 2.41. The van der Waals surface area contributed by atoms with E-state index in [1.54, 1.807) is 7.11 Å². The molecule has 0 radical (unpaired) electrons. The van der Waals surface area contributed by atoms with Crippen molar-refractivity contribution in [3.8, 4) is 5.75 Å². The summed E-state index contributed by atoms with van der Waals surface area (Å²) in [6.45, 7) is 6.12. The Morgan fingerprint density at radius 1 is 1.36 bits per heavy atom. The molecular formula is C19H25N3O3. The number of hydrogen-bond acceptors (Lipinski definition) is 5. The molecule has 1 aliphatic rings. The van der Waals surface area contributed by atoms with Crippen LogP contribution in [-0.2, 0) is 11.2 Å². The zero-order valence-corrected chi connectivity index (χ0v) is 15.0. The average molecular weight is 343 g/mol. The summed E-state index contributed by atoms with van der Waals surface area (Å²) in [7, 11) is 1.65. The highest BCUT2D eigenvalue weighted by atomic mass is 16.5. The number of rotatable bonds is 5. The van der Waals surface area contributed by atoms with Crippen LogP contribution in [0.25, 0.3) is 0 Å². The van der Waals surface area contributed by atoms with Gasteiger partial charge >= 0.3 is 0 Å². The number of aromatic nitrogens is 1. The molecule has 0 aliphatic carbocycles. The summed E-state index contributed by atoms with van der Waals surface area (Å²) in [5, 5.41) is 7.35. The maximum absolute atomic E-state index is 12.8. The second-order valence-electron chi connectivity index (χ2n) is 6.38. The first-order valence-electron chi connectivity index (χ1n) is 8.66. The highest BCUT2D eigenvalue weighted by Crippen LogP contribution is 2.25. The lowest BCUT2D eigenvalue weighted by Crippen LogP contribution is -2.48. The fourth-order valence-corrected chi connectivity index (χ4v) is 3.36. The number of nitrogens with one attached hydrogen (secondary N) is 1. The summed E-state index contributed by atoms with van der Waals surface area (Å²) in [5.74, 6) is 1.79. The van der Waals surface area contributed by atoms with Crippen LogP contribution in [0.15, 0.2) is 28.8 Å². The van der Waals surface area contributed by atoms with Gasteiger partial charge in [0.15, 0.2) is 0 Å². The number of ether oxygens (including phenoxy) is 1. The second kappa shape index (κ2) is 7.70. The van der Waals surface area contributed by atoms with E-state index in [1.165, 1.54) is 0 Å². The van der Waals surface area contributed by atoms with Gasteiger partial charge in [0.1, 0.15) is 11.5 Å². The fourth-order valence-electron chi connectivity index (χ4n) is 3.36. The van der Waals surface area contributed by atoms with Crippen molar-refractivity contribution in [1.82, 2.24) is 15.4 Å². The first-order chi connectivity index (χ1) is 12.1. The van der Waals surface area contributed by atoms with Crippen LogP contribution in [0, 0.1) is 13.8 Å². The number of piperazine rings is 1. The molecule has 2 aromatic rings. The van der Waals surface area contributed by atoms with E-state index in [-0.39, 0.29) is 11.9 Å². The van der Waals surface area contributed by atoms with Crippen molar-refractivity contribution in [1.29, 1.82) is 0 Å². The molecule has 0 bridgehead atoms. The van der Waals surface area contributed by atoms with Gasteiger partial charge in [-0.05, 0) is 38.0 Å². The number of benzene rings is 1. The number of carbonyl (C=O) groups excluding carboxylic acids is 1. The molecule has 0 saturated carbocycles. The van der Waals surface area contributed by atoms with Gasteiger partial charge in [0, 0.05) is 31.6 Å². The fraction of sp³-hybridized carbons (Fsp3) is 0.474. The normalized spacial score (nSPS) is 17.6. The van der Waals surface area contributed by atoms with Crippen LogP contribution in [0.1, 0.15) is 35.0 Å². The van der Waals surface area contributed by atoms with E-state index in [9.17, 15) is 4.79 Å². The van der Waals surface area contributed by atoms with E-state index in [1.807, 2.05) is 43.0 Å². The molecule has 1 aromatic heterocycles. The number of methoxy groups -OCH3 is 1. The maximum atomic E-state index is 12.8. The summed E-state index contributed by atoms with van der Waals surface area (Å²) in [6.07, 6.45) is 1.13. The van der Waals surface area contributed by atoms with Crippen molar-refractivity contribution < 1.29 is 14.1 Å². The van der Waals surface area contributed by atoms with Crippen LogP contribution in [0.5, 0.6) is 5.75 Å².